The molecule has 1 N–H and O–H groups in total. The van der Waals surface area contributed by atoms with Gasteiger partial charge in [0.05, 0.1) is 24.7 Å². The van der Waals surface area contributed by atoms with E-state index in [1.807, 2.05) is 30.3 Å². The first-order valence-electron chi connectivity index (χ1n) is 10.2. The van der Waals surface area contributed by atoms with Gasteiger partial charge in [0.2, 0.25) is 0 Å². The summed E-state index contributed by atoms with van der Waals surface area (Å²) in [6.45, 7) is 2.55. The Hall–Kier alpha value is -3.30. The summed E-state index contributed by atoms with van der Waals surface area (Å²) in [5.74, 6) is 0.761. The van der Waals surface area contributed by atoms with Gasteiger partial charge in [0.25, 0.3) is 5.91 Å². The fourth-order valence-corrected chi connectivity index (χ4v) is 4.09. The SMILES string of the molecule is CS(=O)(=O)Cc1cc(N2CCOCC2)nc(-c2ccc(NC(=O)c3ccccc3)cc2)n1. The summed E-state index contributed by atoms with van der Waals surface area (Å²) in [5, 5.41) is 2.86. The Morgan fingerprint density at radius 2 is 1.72 bits per heavy atom. The average Bonchev–Trinajstić information content (AvgIpc) is 2.79. The van der Waals surface area contributed by atoms with Crippen LogP contribution in [-0.2, 0) is 20.3 Å². The third kappa shape index (κ3) is 5.68. The third-order valence-electron chi connectivity index (χ3n) is 4.95. The van der Waals surface area contributed by atoms with Crippen molar-refractivity contribution in [1.82, 2.24) is 9.97 Å². The molecule has 0 unspecified atom stereocenters. The molecule has 8 nitrogen and oxygen atoms in total. The number of benzene rings is 2. The molecule has 32 heavy (non-hydrogen) atoms. The fraction of sp³-hybridized carbons (Fsp3) is 0.261. The molecule has 0 atom stereocenters. The van der Waals surface area contributed by atoms with Crippen LogP contribution >= 0.6 is 0 Å². The highest BCUT2D eigenvalue weighted by atomic mass is 32.2. The van der Waals surface area contributed by atoms with Crippen LogP contribution in [0.1, 0.15) is 16.1 Å². The summed E-state index contributed by atoms with van der Waals surface area (Å²) in [6.07, 6.45) is 1.19. The van der Waals surface area contributed by atoms with Gasteiger partial charge < -0.3 is 15.0 Å². The maximum absolute atomic E-state index is 12.4. The van der Waals surface area contributed by atoms with Gasteiger partial charge in [-0.3, -0.25) is 4.79 Å². The second-order valence-electron chi connectivity index (χ2n) is 7.61. The minimum absolute atomic E-state index is 0.162. The molecule has 0 bridgehead atoms. The average molecular weight is 453 g/mol. The van der Waals surface area contributed by atoms with E-state index in [-0.39, 0.29) is 11.7 Å². The molecular weight excluding hydrogens is 428 g/mol. The monoisotopic (exact) mass is 452 g/mol. The largest absolute Gasteiger partial charge is 0.378 e. The van der Waals surface area contributed by atoms with E-state index in [4.69, 9.17) is 4.74 Å². The van der Waals surface area contributed by atoms with Crippen LogP contribution in [0.4, 0.5) is 11.5 Å². The maximum Gasteiger partial charge on any atom is 0.255 e. The second kappa shape index (κ2) is 9.46. The van der Waals surface area contributed by atoms with Gasteiger partial charge >= 0.3 is 0 Å². The van der Waals surface area contributed by atoms with Crippen molar-refractivity contribution < 1.29 is 17.9 Å². The van der Waals surface area contributed by atoms with E-state index in [2.05, 4.69) is 20.2 Å². The molecule has 1 amide bonds. The lowest BCUT2D eigenvalue weighted by Crippen LogP contribution is -2.37. The number of ether oxygens (including phenoxy) is 1. The van der Waals surface area contributed by atoms with Crippen molar-refractivity contribution in [3.05, 3.63) is 71.9 Å². The second-order valence-corrected chi connectivity index (χ2v) is 9.75. The highest BCUT2D eigenvalue weighted by Gasteiger charge is 2.17. The molecule has 9 heteroatoms. The van der Waals surface area contributed by atoms with Crippen LogP contribution in [0, 0.1) is 0 Å². The Labute approximate surface area is 187 Å². The van der Waals surface area contributed by atoms with Crippen LogP contribution in [0.15, 0.2) is 60.7 Å². The zero-order valence-corrected chi connectivity index (χ0v) is 18.5. The van der Waals surface area contributed by atoms with Crippen molar-refractivity contribution in [2.45, 2.75) is 5.75 Å². The van der Waals surface area contributed by atoms with Crippen molar-refractivity contribution in [2.24, 2.45) is 0 Å². The molecule has 0 saturated carbocycles. The van der Waals surface area contributed by atoms with Crippen molar-refractivity contribution in [3.63, 3.8) is 0 Å². The van der Waals surface area contributed by atoms with Gasteiger partial charge in [-0.05, 0) is 36.4 Å². The number of carbonyl (C=O) groups excluding carboxylic acids is 1. The van der Waals surface area contributed by atoms with E-state index in [9.17, 15) is 13.2 Å². The molecular formula is C23H24N4O4S. The summed E-state index contributed by atoms with van der Waals surface area (Å²) >= 11 is 0. The molecule has 1 aromatic heterocycles. The molecule has 1 aliphatic heterocycles. The number of sulfone groups is 1. The molecule has 4 rings (SSSR count). The predicted octanol–water partition coefficient (Wildman–Crippen LogP) is 2.78. The number of rotatable bonds is 6. The number of carbonyl (C=O) groups is 1. The predicted molar refractivity (Wildman–Crippen MR) is 123 cm³/mol. The van der Waals surface area contributed by atoms with Crippen LogP contribution in [-0.4, -0.2) is 56.9 Å². The summed E-state index contributed by atoms with van der Waals surface area (Å²) in [4.78, 5) is 23.6. The molecule has 2 aromatic carbocycles. The Morgan fingerprint density at radius 1 is 1.03 bits per heavy atom. The number of aromatic nitrogens is 2. The molecule has 0 spiro atoms. The number of hydrogen-bond donors (Lipinski definition) is 1. The number of nitrogens with zero attached hydrogens (tertiary/aromatic N) is 3. The van der Waals surface area contributed by atoms with Crippen molar-refractivity contribution in [2.75, 3.05) is 42.8 Å². The van der Waals surface area contributed by atoms with E-state index in [0.717, 1.165) is 5.56 Å². The molecule has 1 fully saturated rings. The van der Waals surface area contributed by atoms with E-state index in [1.54, 1.807) is 30.3 Å². The summed E-state index contributed by atoms with van der Waals surface area (Å²) in [5.41, 5.74) is 2.39. The van der Waals surface area contributed by atoms with Crippen molar-refractivity contribution in [1.29, 1.82) is 0 Å². The minimum Gasteiger partial charge on any atom is -0.378 e. The highest BCUT2D eigenvalue weighted by molar-refractivity contribution is 7.89. The quantitative estimate of drug-likeness (QED) is 0.614. The number of hydrogen-bond acceptors (Lipinski definition) is 7. The molecule has 2 heterocycles. The van der Waals surface area contributed by atoms with Gasteiger partial charge in [-0.15, -0.1) is 0 Å². The molecule has 3 aromatic rings. The third-order valence-corrected chi connectivity index (χ3v) is 5.77. The molecule has 0 aliphatic carbocycles. The molecule has 1 aliphatic rings. The van der Waals surface area contributed by atoms with Gasteiger partial charge in [0, 0.05) is 42.2 Å². The zero-order valence-electron chi connectivity index (χ0n) is 17.7. The number of morpholine rings is 1. The molecule has 0 radical (unpaired) electrons. The van der Waals surface area contributed by atoms with E-state index >= 15 is 0 Å². The van der Waals surface area contributed by atoms with Gasteiger partial charge in [-0.25, -0.2) is 18.4 Å². The first-order valence-corrected chi connectivity index (χ1v) is 12.3. The van der Waals surface area contributed by atoms with Crippen LogP contribution in [0.25, 0.3) is 11.4 Å². The lowest BCUT2D eigenvalue weighted by Gasteiger charge is -2.28. The lowest BCUT2D eigenvalue weighted by molar-refractivity contribution is 0.102. The van der Waals surface area contributed by atoms with Crippen LogP contribution in [0.2, 0.25) is 0 Å². The van der Waals surface area contributed by atoms with Gasteiger partial charge in [0.1, 0.15) is 5.82 Å². The normalized spacial score (nSPS) is 14.2. The Kier molecular flexibility index (Phi) is 6.48. The Balaban J connectivity index is 1.60. The van der Waals surface area contributed by atoms with E-state index in [1.165, 1.54) is 6.26 Å². The number of nitrogens with one attached hydrogen (secondary N) is 1. The standard InChI is InChI=1S/C23H24N4O4S/c1-32(29,30)16-20-15-21(27-11-13-31-14-12-27)26-22(24-20)17-7-9-19(10-8-17)25-23(28)18-5-3-2-4-6-18/h2-10,15H,11-14,16H2,1H3,(H,25,28). The lowest BCUT2D eigenvalue weighted by atomic mass is 10.1. The van der Waals surface area contributed by atoms with E-state index in [0.29, 0.717) is 54.9 Å². The Morgan fingerprint density at radius 3 is 2.38 bits per heavy atom. The van der Waals surface area contributed by atoms with Crippen LogP contribution in [0.3, 0.4) is 0 Å². The van der Waals surface area contributed by atoms with Crippen LogP contribution < -0.4 is 10.2 Å². The van der Waals surface area contributed by atoms with E-state index < -0.39 is 9.84 Å². The summed E-state index contributed by atoms with van der Waals surface area (Å²) in [7, 11) is -3.25. The first kappa shape index (κ1) is 21.9. The van der Waals surface area contributed by atoms with Crippen molar-refractivity contribution in [3.8, 4) is 11.4 Å². The van der Waals surface area contributed by atoms with Gasteiger partial charge in [-0.2, -0.15) is 0 Å². The molecule has 1 saturated heterocycles. The maximum atomic E-state index is 12.4. The smallest absolute Gasteiger partial charge is 0.255 e. The van der Waals surface area contributed by atoms with Gasteiger partial charge in [0.15, 0.2) is 15.7 Å². The van der Waals surface area contributed by atoms with Gasteiger partial charge in [-0.1, -0.05) is 18.2 Å². The fourth-order valence-electron chi connectivity index (χ4n) is 3.40. The first-order chi connectivity index (χ1) is 15.4. The van der Waals surface area contributed by atoms with Crippen molar-refractivity contribution >= 4 is 27.2 Å². The number of amides is 1. The highest BCUT2D eigenvalue weighted by Crippen LogP contribution is 2.23. The molecule has 166 valence electrons. The summed E-state index contributed by atoms with van der Waals surface area (Å²) < 4.78 is 29.1. The minimum atomic E-state index is -3.25. The Bertz CT molecular complexity index is 1190. The number of anilines is 2. The summed E-state index contributed by atoms with van der Waals surface area (Å²) in [6, 6.07) is 17.9. The topological polar surface area (TPSA) is 101 Å². The van der Waals surface area contributed by atoms with Crippen LogP contribution in [0.5, 0.6) is 0 Å². The zero-order chi connectivity index (χ0) is 22.6.